The minimum atomic E-state index is 0.0128. The van der Waals surface area contributed by atoms with Gasteiger partial charge in [-0.25, -0.2) is 9.50 Å². The first kappa shape index (κ1) is 12.3. The van der Waals surface area contributed by atoms with Gasteiger partial charge in [0, 0.05) is 30.4 Å². The molecule has 0 fully saturated rings. The van der Waals surface area contributed by atoms with E-state index in [2.05, 4.69) is 16.1 Å². The third-order valence-corrected chi connectivity index (χ3v) is 4.52. The third kappa shape index (κ3) is 1.80. The van der Waals surface area contributed by atoms with Gasteiger partial charge in [-0.15, -0.1) is 0 Å². The molecule has 0 aliphatic rings. The highest BCUT2D eigenvalue weighted by molar-refractivity contribution is 7.19. The average Bonchev–Trinajstić information content (AvgIpc) is 3.03. The Morgan fingerprint density at radius 3 is 2.86 bits per heavy atom. The number of aryl methyl sites for hydroxylation is 2. The predicted octanol–water partition coefficient (Wildman–Crippen LogP) is 2.62. The number of nitrogens with zero attached hydrogens (tertiary/aromatic N) is 4. The van der Waals surface area contributed by atoms with E-state index in [0.29, 0.717) is 0 Å². The number of aromatic nitrogens is 4. The van der Waals surface area contributed by atoms with Crippen LogP contribution >= 0.6 is 11.3 Å². The van der Waals surface area contributed by atoms with Crippen molar-refractivity contribution in [3.05, 3.63) is 52.7 Å². The van der Waals surface area contributed by atoms with Gasteiger partial charge in [0.25, 0.3) is 5.56 Å². The smallest absolute Gasteiger partial charge is 0.258 e. The maximum absolute atomic E-state index is 12.3. The van der Waals surface area contributed by atoms with Crippen molar-refractivity contribution in [3.8, 4) is 10.6 Å². The Labute approximate surface area is 124 Å². The maximum Gasteiger partial charge on any atom is 0.258 e. The lowest BCUT2D eigenvalue weighted by atomic mass is 10.0. The first-order valence-electron chi connectivity index (χ1n) is 6.54. The summed E-state index contributed by atoms with van der Waals surface area (Å²) >= 11 is 1.52. The van der Waals surface area contributed by atoms with E-state index in [1.807, 2.05) is 25.3 Å². The number of imidazole rings is 1. The Morgan fingerprint density at radius 1 is 1.19 bits per heavy atom. The minimum Gasteiger partial charge on any atom is -0.318 e. The summed E-state index contributed by atoms with van der Waals surface area (Å²) in [5, 5.41) is 7.08. The van der Waals surface area contributed by atoms with Crippen LogP contribution in [0, 0.1) is 6.92 Å². The molecule has 0 unspecified atom stereocenters. The molecule has 4 rings (SSSR count). The first-order chi connectivity index (χ1) is 10.1. The van der Waals surface area contributed by atoms with Crippen molar-refractivity contribution in [1.29, 1.82) is 0 Å². The zero-order valence-electron chi connectivity index (χ0n) is 11.6. The van der Waals surface area contributed by atoms with Crippen molar-refractivity contribution in [2.75, 3.05) is 0 Å². The van der Waals surface area contributed by atoms with Crippen LogP contribution in [0.4, 0.5) is 0 Å². The highest BCUT2D eigenvalue weighted by atomic mass is 32.1. The fraction of sp³-hybridized carbons (Fsp3) is 0.133. The van der Waals surface area contributed by atoms with Crippen LogP contribution in [0.15, 0.2) is 41.6 Å². The number of pyridine rings is 1. The Kier molecular flexibility index (Phi) is 2.49. The Morgan fingerprint density at radius 2 is 2.05 bits per heavy atom. The molecule has 0 radical (unpaired) electrons. The van der Waals surface area contributed by atoms with Gasteiger partial charge in [0.05, 0.1) is 6.20 Å². The lowest BCUT2D eigenvalue weighted by molar-refractivity contribution is 0.873. The Balaban J connectivity index is 2.10. The second kappa shape index (κ2) is 4.26. The van der Waals surface area contributed by atoms with Gasteiger partial charge in [0.2, 0.25) is 4.96 Å². The Bertz CT molecular complexity index is 1010. The molecule has 0 bridgehead atoms. The van der Waals surface area contributed by atoms with Crippen LogP contribution in [0.1, 0.15) is 5.56 Å². The van der Waals surface area contributed by atoms with Gasteiger partial charge in [-0.1, -0.05) is 11.3 Å². The number of benzene rings is 1. The van der Waals surface area contributed by atoms with Crippen LogP contribution in [0.3, 0.4) is 0 Å². The van der Waals surface area contributed by atoms with Crippen molar-refractivity contribution >= 4 is 27.1 Å². The number of fused-ring (bicyclic) bond motifs is 2. The Hall–Kier alpha value is -2.47. The zero-order chi connectivity index (χ0) is 14.6. The summed E-state index contributed by atoms with van der Waals surface area (Å²) in [6.07, 6.45) is 5.35. The summed E-state index contributed by atoms with van der Waals surface area (Å²) in [5.74, 6) is 0. The predicted molar refractivity (Wildman–Crippen MR) is 83.8 cm³/mol. The van der Waals surface area contributed by atoms with E-state index in [1.54, 1.807) is 28.5 Å². The summed E-state index contributed by atoms with van der Waals surface area (Å²) in [7, 11) is 1.77. The minimum absolute atomic E-state index is 0.0128. The molecule has 0 spiro atoms. The number of hydrogen-bond donors (Lipinski definition) is 0. The second-order valence-corrected chi connectivity index (χ2v) is 6.02. The molecule has 0 aliphatic heterocycles. The standard InChI is InChI=1S/C15H12N4OS/c1-9-7-11(13-17-19-6-4-16-15(19)21-13)10-3-5-18(2)14(20)12(10)8-9/h3-8H,1-2H3. The molecule has 104 valence electrons. The van der Waals surface area contributed by atoms with E-state index >= 15 is 0 Å². The van der Waals surface area contributed by atoms with Crippen molar-refractivity contribution in [2.45, 2.75) is 6.92 Å². The molecule has 5 nitrogen and oxygen atoms in total. The lowest BCUT2D eigenvalue weighted by Crippen LogP contribution is -2.15. The molecule has 4 aromatic rings. The van der Waals surface area contributed by atoms with E-state index in [1.165, 1.54) is 11.3 Å². The topological polar surface area (TPSA) is 52.2 Å². The largest absolute Gasteiger partial charge is 0.318 e. The van der Waals surface area contributed by atoms with Crippen LogP contribution < -0.4 is 5.56 Å². The van der Waals surface area contributed by atoms with E-state index in [4.69, 9.17) is 0 Å². The van der Waals surface area contributed by atoms with Crippen LogP contribution in [0.5, 0.6) is 0 Å². The SMILES string of the molecule is Cc1cc(-c2nn3ccnc3s2)c2ccn(C)c(=O)c2c1. The van der Waals surface area contributed by atoms with Gasteiger partial charge in [-0.2, -0.15) is 5.10 Å². The molecule has 21 heavy (non-hydrogen) atoms. The normalized spacial score (nSPS) is 11.5. The molecule has 0 saturated heterocycles. The van der Waals surface area contributed by atoms with Gasteiger partial charge in [0.1, 0.15) is 5.01 Å². The van der Waals surface area contributed by atoms with Crippen molar-refractivity contribution in [3.63, 3.8) is 0 Å². The van der Waals surface area contributed by atoms with E-state index in [-0.39, 0.29) is 5.56 Å². The van der Waals surface area contributed by atoms with Gasteiger partial charge in [0.15, 0.2) is 0 Å². The van der Waals surface area contributed by atoms with E-state index in [0.717, 1.165) is 31.9 Å². The summed E-state index contributed by atoms with van der Waals surface area (Å²) in [4.78, 5) is 17.4. The fourth-order valence-electron chi connectivity index (χ4n) is 2.52. The van der Waals surface area contributed by atoms with Crippen molar-refractivity contribution in [1.82, 2.24) is 19.2 Å². The zero-order valence-corrected chi connectivity index (χ0v) is 12.4. The molecule has 0 aliphatic carbocycles. The van der Waals surface area contributed by atoms with Crippen LogP contribution in [0.2, 0.25) is 0 Å². The second-order valence-electron chi connectivity index (χ2n) is 5.07. The first-order valence-corrected chi connectivity index (χ1v) is 7.36. The lowest BCUT2D eigenvalue weighted by Gasteiger charge is -2.07. The maximum atomic E-state index is 12.3. The summed E-state index contributed by atoms with van der Waals surface area (Å²) in [5.41, 5.74) is 2.05. The number of hydrogen-bond acceptors (Lipinski definition) is 4. The van der Waals surface area contributed by atoms with Crippen molar-refractivity contribution < 1.29 is 0 Å². The highest BCUT2D eigenvalue weighted by Gasteiger charge is 2.13. The quantitative estimate of drug-likeness (QED) is 0.542. The van der Waals surface area contributed by atoms with Crippen molar-refractivity contribution in [2.24, 2.45) is 7.05 Å². The fourth-order valence-corrected chi connectivity index (χ4v) is 3.41. The number of rotatable bonds is 1. The average molecular weight is 296 g/mol. The van der Waals surface area contributed by atoms with E-state index in [9.17, 15) is 4.79 Å². The molecular weight excluding hydrogens is 284 g/mol. The summed E-state index contributed by atoms with van der Waals surface area (Å²) in [6.45, 7) is 1.99. The molecule has 6 heteroatoms. The molecule has 3 heterocycles. The summed E-state index contributed by atoms with van der Waals surface area (Å²) < 4.78 is 3.36. The molecule has 0 N–H and O–H groups in total. The van der Waals surface area contributed by atoms with Crippen LogP contribution in [-0.2, 0) is 7.05 Å². The van der Waals surface area contributed by atoms with Gasteiger partial charge in [-0.05, 0) is 36.1 Å². The van der Waals surface area contributed by atoms with Gasteiger partial charge >= 0.3 is 0 Å². The van der Waals surface area contributed by atoms with E-state index < -0.39 is 0 Å². The monoisotopic (exact) mass is 296 g/mol. The molecule has 0 amide bonds. The van der Waals surface area contributed by atoms with Gasteiger partial charge in [-0.3, -0.25) is 4.79 Å². The van der Waals surface area contributed by atoms with Crippen LogP contribution in [0.25, 0.3) is 26.3 Å². The summed E-state index contributed by atoms with van der Waals surface area (Å²) in [6, 6.07) is 5.97. The molecule has 3 aromatic heterocycles. The van der Waals surface area contributed by atoms with Crippen LogP contribution in [-0.4, -0.2) is 19.2 Å². The van der Waals surface area contributed by atoms with Gasteiger partial charge < -0.3 is 4.57 Å². The molecule has 0 saturated carbocycles. The molecular formula is C15H12N4OS. The highest BCUT2D eigenvalue weighted by Crippen LogP contribution is 2.31. The molecule has 0 atom stereocenters. The molecule has 1 aromatic carbocycles. The third-order valence-electron chi connectivity index (χ3n) is 3.55.